The Labute approximate surface area is 231 Å². The Kier molecular flexibility index (Phi) is 8.78. The topological polar surface area (TPSA) is 110 Å². The first-order valence-electron chi connectivity index (χ1n) is 12.4. The summed E-state index contributed by atoms with van der Waals surface area (Å²) in [4.78, 5) is 35.7. The summed E-state index contributed by atoms with van der Waals surface area (Å²) in [5.74, 6) is 2.20. The molecule has 4 rings (SSSR count). The zero-order valence-corrected chi connectivity index (χ0v) is 23.7. The third-order valence-electron chi connectivity index (χ3n) is 6.04. The van der Waals surface area contributed by atoms with Crippen molar-refractivity contribution < 1.29 is 18.7 Å². The zero-order chi connectivity index (χ0) is 27.3. The van der Waals surface area contributed by atoms with Gasteiger partial charge in [-0.3, -0.25) is 9.59 Å². The van der Waals surface area contributed by atoms with Crippen molar-refractivity contribution in [3.05, 3.63) is 60.5 Å². The lowest BCUT2D eigenvalue weighted by Crippen LogP contribution is -2.45. The summed E-state index contributed by atoms with van der Waals surface area (Å²) < 4.78 is 12.4. The molecule has 2 amide bonds. The van der Waals surface area contributed by atoms with Crippen LogP contribution in [0.5, 0.6) is 5.75 Å². The standard InChI is InChI=1S/C27H33N5O4S2/c1-6-22(33)30-17-9-10-19(20(12-17)35-5)25(34)32-11-7-8-18(15-32)31-26-29-14-24(38-26)37-16-23-28-13-21(36-23)27(2,3)4/h6,9-10,12-14,18H,1,7-8,11,15-16H2,2-5H3,(H,29,31)(H,30,33)/t18-/m1/s1. The molecule has 0 aliphatic carbocycles. The van der Waals surface area contributed by atoms with Crippen LogP contribution < -0.4 is 15.4 Å². The van der Waals surface area contributed by atoms with Gasteiger partial charge in [-0.15, -0.1) is 11.8 Å². The third kappa shape index (κ3) is 6.96. The van der Waals surface area contributed by atoms with Gasteiger partial charge in [0, 0.05) is 36.3 Å². The molecule has 0 bridgehead atoms. The van der Waals surface area contributed by atoms with Crippen molar-refractivity contribution >= 4 is 45.7 Å². The average molecular weight is 556 g/mol. The van der Waals surface area contributed by atoms with Crippen LogP contribution >= 0.6 is 23.1 Å². The van der Waals surface area contributed by atoms with Gasteiger partial charge in [0.25, 0.3) is 5.91 Å². The number of nitrogens with zero attached hydrogens (tertiary/aromatic N) is 3. The van der Waals surface area contributed by atoms with Crippen molar-refractivity contribution in [2.45, 2.75) is 55.0 Å². The quantitative estimate of drug-likeness (QED) is 0.261. The molecule has 11 heteroatoms. The second-order valence-electron chi connectivity index (χ2n) is 9.98. The largest absolute Gasteiger partial charge is 0.496 e. The van der Waals surface area contributed by atoms with Gasteiger partial charge in [-0.1, -0.05) is 38.7 Å². The molecule has 0 unspecified atom stereocenters. The van der Waals surface area contributed by atoms with E-state index < -0.39 is 0 Å². The van der Waals surface area contributed by atoms with Crippen LogP contribution in [0.2, 0.25) is 0 Å². The van der Waals surface area contributed by atoms with Crippen molar-refractivity contribution in [3.63, 3.8) is 0 Å². The molecule has 1 saturated heterocycles. The summed E-state index contributed by atoms with van der Waals surface area (Å²) >= 11 is 3.23. The minimum Gasteiger partial charge on any atom is -0.496 e. The Hall–Kier alpha value is -3.31. The van der Waals surface area contributed by atoms with E-state index in [2.05, 4.69) is 48.0 Å². The maximum atomic E-state index is 13.3. The minimum absolute atomic E-state index is 0.0651. The van der Waals surface area contributed by atoms with E-state index in [-0.39, 0.29) is 23.3 Å². The molecular formula is C27H33N5O4S2. The molecule has 3 heterocycles. The molecule has 9 nitrogen and oxygen atoms in total. The fourth-order valence-electron chi connectivity index (χ4n) is 4.01. The van der Waals surface area contributed by atoms with Crippen LogP contribution in [0.1, 0.15) is 55.6 Å². The Morgan fingerprint density at radius 1 is 1.32 bits per heavy atom. The lowest BCUT2D eigenvalue weighted by molar-refractivity contribution is -0.111. The van der Waals surface area contributed by atoms with E-state index >= 15 is 0 Å². The van der Waals surface area contributed by atoms with Gasteiger partial charge in [-0.05, 0) is 31.1 Å². The van der Waals surface area contributed by atoms with Crippen LogP contribution in [-0.2, 0) is 16.0 Å². The number of methoxy groups -OCH3 is 1. The highest BCUT2D eigenvalue weighted by Crippen LogP contribution is 2.33. The number of ether oxygens (including phenoxy) is 1. The molecule has 38 heavy (non-hydrogen) atoms. The zero-order valence-electron chi connectivity index (χ0n) is 22.1. The molecule has 202 valence electrons. The molecule has 1 aliphatic heterocycles. The van der Waals surface area contributed by atoms with Crippen LogP contribution in [0.25, 0.3) is 0 Å². The molecule has 1 aromatic carbocycles. The van der Waals surface area contributed by atoms with Gasteiger partial charge in [0.1, 0.15) is 11.5 Å². The van der Waals surface area contributed by atoms with Crippen LogP contribution in [0.3, 0.4) is 0 Å². The number of rotatable bonds is 9. The maximum Gasteiger partial charge on any atom is 0.257 e. The third-order valence-corrected chi connectivity index (χ3v) is 8.14. The van der Waals surface area contributed by atoms with Crippen molar-refractivity contribution in [2.24, 2.45) is 0 Å². The number of thiazole rings is 1. The predicted octanol–water partition coefficient (Wildman–Crippen LogP) is 5.57. The van der Waals surface area contributed by atoms with E-state index in [1.807, 2.05) is 11.1 Å². The number of aromatic nitrogens is 2. The highest BCUT2D eigenvalue weighted by atomic mass is 32.2. The summed E-state index contributed by atoms with van der Waals surface area (Å²) in [6, 6.07) is 5.11. The van der Waals surface area contributed by atoms with Gasteiger partial charge in [0.15, 0.2) is 5.13 Å². The molecule has 0 saturated carbocycles. The Morgan fingerprint density at radius 3 is 2.84 bits per heavy atom. The SMILES string of the molecule is C=CC(=O)Nc1ccc(C(=O)N2CCC[C@@H](Nc3ncc(SCc4ncc(C(C)(C)C)o4)s3)C2)c(OC)c1. The summed E-state index contributed by atoms with van der Waals surface area (Å²) in [7, 11) is 1.51. The van der Waals surface area contributed by atoms with E-state index in [0.717, 1.165) is 27.9 Å². The smallest absolute Gasteiger partial charge is 0.257 e. The first-order chi connectivity index (χ1) is 18.2. The summed E-state index contributed by atoms with van der Waals surface area (Å²) in [5.41, 5.74) is 0.931. The molecule has 1 aliphatic rings. The number of hydrogen-bond acceptors (Lipinski definition) is 9. The normalized spacial score (nSPS) is 15.7. The predicted molar refractivity (Wildman–Crippen MR) is 151 cm³/mol. The molecule has 1 fully saturated rings. The van der Waals surface area contributed by atoms with Gasteiger partial charge in [-0.2, -0.15) is 0 Å². The number of anilines is 2. The van der Waals surface area contributed by atoms with Gasteiger partial charge in [0.2, 0.25) is 11.8 Å². The van der Waals surface area contributed by atoms with E-state index in [0.29, 0.717) is 41.7 Å². The lowest BCUT2D eigenvalue weighted by Gasteiger charge is -2.33. The highest BCUT2D eigenvalue weighted by Gasteiger charge is 2.27. The highest BCUT2D eigenvalue weighted by molar-refractivity contribution is 8.00. The van der Waals surface area contributed by atoms with Crippen molar-refractivity contribution in [1.82, 2.24) is 14.9 Å². The molecule has 2 aromatic heterocycles. The van der Waals surface area contributed by atoms with Gasteiger partial charge in [-0.25, -0.2) is 9.97 Å². The molecule has 1 atom stereocenters. The van der Waals surface area contributed by atoms with Crippen LogP contribution in [-0.4, -0.2) is 52.9 Å². The number of benzene rings is 1. The van der Waals surface area contributed by atoms with Crippen molar-refractivity contribution in [1.29, 1.82) is 0 Å². The van der Waals surface area contributed by atoms with Gasteiger partial charge >= 0.3 is 0 Å². The number of carbonyl (C=O) groups is 2. The second kappa shape index (κ2) is 12.0. The number of amides is 2. The number of nitrogens with one attached hydrogen (secondary N) is 2. The summed E-state index contributed by atoms with van der Waals surface area (Å²) in [6.45, 7) is 11.0. The molecule has 0 radical (unpaired) electrons. The van der Waals surface area contributed by atoms with Crippen LogP contribution in [0.4, 0.5) is 10.8 Å². The number of oxazole rings is 1. The number of carbonyl (C=O) groups excluding carboxylic acids is 2. The molecule has 0 spiro atoms. The Morgan fingerprint density at radius 2 is 2.13 bits per heavy atom. The second-order valence-corrected chi connectivity index (χ2v) is 12.3. The first kappa shape index (κ1) is 27.7. The number of thioether (sulfide) groups is 1. The fourth-order valence-corrected chi connectivity index (χ4v) is 5.82. The van der Waals surface area contributed by atoms with Gasteiger partial charge in [0.05, 0.1) is 35.0 Å². The van der Waals surface area contributed by atoms with E-state index in [1.165, 1.54) is 13.2 Å². The monoisotopic (exact) mass is 555 g/mol. The Balaban J connectivity index is 1.34. The fraction of sp³-hybridized carbons (Fsp3) is 0.407. The van der Waals surface area contributed by atoms with E-state index in [1.54, 1.807) is 47.5 Å². The van der Waals surface area contributed by atoms with Crippen LogP contribution in [0, 0.1) is 0 Å². The van der Waals surface area contributed by atoms with Crippen molar-refractivity contribution in [2.75, 3.05) is 30.8 Å². The lowest BCUT2D eigenvalue weighted by atomic mass is 9.94. The summed E-state index contributed by atoms with van der Waals surface area (Å²) in [6.07, 6.45) is 6.67. The number of hydrogen-bond donors (Lipinski definition) is 2. The maximum absolute atomic E-state index is 13.3. The van der Waals surface area contributed by atoms with E-state index in [9.17, 15) is 9.59 Å². The Bertz CT molecular complexity index is 1300. The van der Waals surface area contributed by atoms with Crippen molar-refractivity contribution in [3.8, 4) is 5.75 Å². The molecule has 2 N–H and O–H groups in total. The number of likely N-dealkylation sites (tertiary alicyclic amines) is 1. The number of piperidine rings is 1. The van der Waals surface area contributed by atoms with Crippen LogP contribution in [0.15, 0.2) is 51.9 Å². The van der Waals surface area contributed by atoms with E-state index in [4.69, 9.17) is 9.15 Å². The first-order valence-corrected chi connectivity index (χ1v) is 14.2. The molecule has 3 aromatic rings. The molecular weight excluding hydrogens is 522 g/mol. The summed E-state index contributed by atoms with van der Waals surface area (Å²) in [5, 5.41) is 7.01. The minimum atomic E-state index is -0.327. The van der Waals surface area contributed by atoms with Gasteiger partial charge < -0.3 is 24.7 Å². The average Bonchev–Trinajstić information content (AvgIpc) is 3.56.